The Balaban J connectivity index is 0.00000289. The van der Waals surface area contributed by atoms with Gasteiger partial charge in [0, 0.05) is 56.2 Å². The van der Waals surface area contributed by atoms with Crippen molar-refractivity contribution in [3.8, 4) is 0 Å². The number of ether oxygens (including phenoxy) is 1. The quantitative estimate of drug-likeness (QED) is 0.383. The Morgan fingerprint density at radius 1 is 0.857 bits per heavy atom. The van der Waals surface area contributed by atoms with Gasteiger partial charge >= 0.3 is 0 Å². The van der Waals surface area contributed by atoms with Crippen molar-refractivity contribution in [1.29, 1.82) is 0 Å². The van der Waals surface area contributed by atoms with E-state index in [2.05, 4.69) is 45.9 Å². The Bertz CT molecular complexity index is 821. The molecular weight excluding hydrogens is 454 g/mol. The summed E-state index contributed by atoms with van der Waals surface area (Å²) in [6.07, 6.45) is 17.9. The van der Waals surface area contributed by atoms with Crippen molar-refractivity contribution in [1.82, 2.24) is 4.90 Å². The number of hydrogen-bond donors (Lipinski definition) is 0. The first-order chi connectivity index (χ1) is 16.8. The number of halogens is 1. The van der Waals surface area contributed by atoms with Crippen LogP contribution in [0, 0.1) is 5.41 Å². The van der Waals surface area contributed by atoms with Crippen molar-refractivity contribution in [2.24, 2.45) is 5.41 Å². The minimum Gasteiger partial charge on any atom is -0.378 e. The molecule has 0 amide bonds. The summed E-state index contributed by atoms with van der Waals surface area (Å²) < 4.78 is 5.63. The van der Waals surface area contributed by atoms with Crippen molar-refractivity contribution < 1.29 is 4.74 Å². The van der Waals surface area contributed by atoms with Crippen molar-refractivity contribution >= 4 is 29.4 Å². The van der Waals surface area contributed by atoms with Crippen LogP contribution in [0.2, 0.25) is 0 Å². The molecule has 0 radical (unpaired) electrons. The number of morpholine rings is 1. The minimum absolute atomic E-state index is 0. The van der Waals surface area contributed by atoms with E-state index in [-0.39, 0.29) is 12.4 Å². The molecule has 4 aliphatic rings. The number of rotatable bonds is 7. The van der Waals surface area contributed by atoms with Crippen LogP contribution in [0.4, 0.5) is 11.4 Å². The standard InChI is InChI=1S/C30H47N3O.ClH/c1-2-3-7-16-31-17-19-33(20-18-31)29-9-8-27(32-21-23-34-24-22-32)25-28(29)26-10-14-30(15-11-26)12-5-4-6-13-30;/h8-10,25H,2-7,11-24H2,1H3;1H. The smallest absolute Gasteiger partial charge is 0.0642 e. The minimum atomic E-state index is 0. The molecule has 4 nitrogen and oxygen atoms in total. The lowest BCUT2D eigenvalue weighted by Gasteiger charge is -2.41. The summed E-state index contributed by atoms with van der Waals surface area (Å²) in [5.41, 5.74) is 6.63. The fraction of sp³-hybridized carbons (Fsp3) is 0.733. The second-order valence-corrected chi connectivity index (χ2v) is 11.3. The van der Waals surface area contributed by atoms with Crippen LogP contribution < -0.4 is 9.80 Å². The van der Waals surface area contributed by atoms with Crippen LogP contribution in [0.5, 0.6) is 0 Å². The summed E-state index contributed by atoms with van der Waals surface area (Å²) in [6.45, 7) is 12.0. The van der Waals surface area contributed by atoms with E-state index in [0.29, 0.717) is 5.41 Å². The highest BCUT2D eigenvalue weighted by molar-refractivity contribution is 5.85. The third-order valence-corrected chi connectivity index (χ3v) is 9.11. The number of piperazine rings is 1. The van der Waals surface area contributed by atoms with Crippen LogP contribution in [0.3, 0.4) is 0 Å². The molecule has 2 aliphatic carbocycles. The normalized spacial score (nSPS) is 23.2. The van der Waals surface area contributed by atoms with Crippen LogP contribution in [0.1, 0.15) is 83.1 Å². The van der Waals surface area contributed by atoms with E-state index in [1.807, 2.05) is 0 Å². The molecule has 2 saturated heterocycles. The molecule has 0 bridgehead atoms. The van der Waals surface area contributed by atoms with Crippen molar-refractivity contribution in [2.75, 3.05) is 68.8 Å². The van der Waals surface area contributed by atoms with Gasteiger partial charge in [0.05, 0.1) is 13.2 Å². The van der Waals surface area contributed by atoms with Crippen LogP contribution in [0.25, 0.3) is 5.57 Å². The second kappa shape index (κ2) is 12.8. The zero-order valence-electron chi connectivity index (χ0n) is 22.1. The summed E-state index contributed by atoms with van der Waals surface area (Å²) >= 11 is 0. The van der Waals surface area contributed by atoms with Crippen molar-refractivity contribution in [2.45, 2.75) is 77.6 Å². The summed E-state index contributed by atoms with van der Waals surface area (Å²) in [7, 11) is 0. The van der Waals surface area contributed by atoms with Gasteiger partial charge in [-0.1, -0.05) is 45.1 Å². The van der Waals surface area contributed by atoms with Crippen LogP contribution >= 0.6 is 12.4 Å². The van der Waals surface area contributed by atoms with E-state index in [1.54, 1.807) is 5.57 Å². The van der Waals surface area contributed by atoms with E-state index in [0.717, 1.165) is 39.4 Å². The molecule has 1 spiro atoms. The highest BCUT2D eigenvalue weighted by Crippen LogP contribution is 2.49. The predicted molar refractivity (Wildman–Crippen MR) is 152 cm³/mol. The lowest BCUT2D eigenvalue weighted by Crippen LogP contribution is -2.47. The topological polar surface area (TPSA) is 19.0 Å². The van der Waals surface area contributed by atoms with Gasteiger partial charge in [0.1, 0.15) is 0 Å². The van der Waals surface area contributed by atoms with Crippen molar-refractivity contribution in [3.05, 3.63) is 29.8 Å². The van der Waals surface area contributed by atoms with Crippen molar-refractivity contribution in [3.63, 3.8) is 0 Å². The first-order valence-electron chi connectivity index (χ1n) is 14.4. The zero-order chi connectivity index (χ0) is 23.2. The lowest BCUT2D eigenvalue weighted by atomic mass is 9.65. The van der Waals surface area contributed by atoms with Gasteiger partial charge in [0.15, 0.2) is 0 Å². The molecule has 5 heteroatoms. The molecule has 2 heterocycles. The molecule has 35 heavy (non-hydrogen) atoms. The number of benzene rings is 1. The molecule has 3 fully saturated rings. The Labute approximate surface area is 220 Å². The van der Waals surface area contributed by atoms with Gasteiger partial charge in [-0.05, 0) is 74.3 Å². The van der Waals surface area contributed by atoms with Gasteiger partial charge in [0.25, 0.3) is 0 Å². The Kier molecular flexibility index (Phi) is 9.83. The molecule has 1 saturated carbocycles. The lowest BCUT2D eigenvalue weighted by molar-refractivity contribution is 0.122. The molecule has 1 aromatic carbocycles. The monoisotopic (exact) mass is 501 g/mol. The van der Waals surface area contributed by atoms with Gasteiger partial charge in [-0.3, -0.25) is 4.90 Å². The molecule has 2 aliphatic heterocycles. The molecule has 0 N–H and O–H groups in total. The van der Waals surface area contributed by atoms with E-state index >= 15 is 0 Å². The average Bonchev–Trinajstić information content (AvgIpc) is 2.90. The van der Waals surface area contributed by atoms with Crippen LogP contribution in [-0.4, -0.2) is 63.9 Å². The van der Waals surface area contributed by atoms with Crippen LogP contribution in [0.15, 0.2) is 24.3 Å². The summed E-state index contributed by atoms with van der Waals surface area (Å²) in [5, 5.41) is 0. The number of nitrogens with zero attached hydrogens (tertiary/aromatic N) is 3. The Morgan fingerprint density at radius 2 is 1.63 bits per heavy atom. The number of allylic oxidation sites excluding steroid dienone is 2. The van der Waals surface area contributed by atoms with Gasteiger partial charge in [-0.25, -0.2) is 0 Å². The molecule has 196 valence electrons. The fourth-order valence-corrected chi connectivity index (χ4v) is 6.82. The SMILES string of the molecule is CCCCCN1CCN(c2ccc(N3CCOCC3)cc2C2=CCC3(CCCCC3)CC2)CC1.Cl. The maximum Gasteiger partial charge on any atom is 0.0642 e. The first-order valence-corrected chi connectivity index (χ1v) is 14.4. The molecule has 0 aromatic heterocycles. The van der Waals surface area contributed by atoms with Gasteiger partial charge in [-0.15, -0.1) is 12.4 Å². The molecule has 5 rings (SSSR count). The summed E-state index contributed by atoms with van der Waals surface area (Å²) in [5.74, 6) is 0. The largest absolute Gasteiger partial charge is 0.378 e. The van der Waals surface area contributed by atoms with Gasteiger partial charge < -0.3 is 14.5 Å². The Morgan fingerprint density at radius 3 is 2.31 bits per heavy atom. The van der Waals surface area contributed by atoms with E-state index in [4.69, 9.17) is 4.74 Å². The third-order valence-electron chi connectivity index (χ3n) is 9.11. The number of hydrogen-bond acceptors (Lipinski definition) is 4. The van der Waals surface area contributed by atoms with Gasteiger partial charge in [0.2, 0.25) is 0 Å². The third kappa shape index (κ3) is 6.56. The maximum atomic E-state index is 5.63. The molecule has 1 aromatic rings. The zero-order valence-corrected chi connectivity index (χ0v) is 22.9. The van der Waals surface area contributed by atoms with Gasteiger partial charge in [-0.2, -0.15) is 0 Å². The van der Waals surface area contributed by atoms with E-state index in [1.165, 1.54) is 107 Å². The van der Waals surface area contributed by atoms with Crippen LogP contribution in [-0.2, 0) is 4.74 Å². The predicted octanol–water partition coefficient (Wildman–Crippen LogP) is 6.78. The maximum absolute atomic E-state index is 5.63. The molecule has 0 unspecified atom stereocenters. The average molecular weight is 502 g/mol. The van der Waals surface area contributed by atoms with E-state index in [9.17, 15) is 0 Å². The Hall–Kier alpha value is -1.23. The first kappa shape index (κ1) is 26.8. The highest BCUT2D eigenvalue weighted by atomic mass is 35.5. The summed E-state index contributed by atoms with van der Waals surface area (Å²) in [6, 6.07) is 7.35. The molecule has 0 atom stereocenters. The number of unbranched alkanes of at least 4 members (excludes halogenated alkanes) is 2. The fourth-order valence-electron chi connectivity index (χ4n) is 6.82. The van der Waals surface area contributed by atoms with E-state index < -0.39 is 0 Å². The summed E-state index contributed by atoms with van der Waals surface area (Å²) in [4.78, 5) is 7.88. The number of anilines is 2. The molecular formula is C30H48ClN3O. The second-order valence-electron chi connectivity index (χ2n) is 11.3. The highest BCUT2D eigenvalue weighted by Gasteiger charge is 2.34.